The number of β-amino-alcohol motifs (C(OH)–C–C–N with tert-alkyl or cyclic N) is 1. The molecule has 0 saturated carbocycles. The fourth-order valence-electron chi connectivity index (χ4n) is 3.74. The van der Waals surface area contributed by atoms with Crippen LogP contribution in [0.2, 0.25) is 0 Å². The number of methoxy groups -OCH3 is 1. The Morgan fingerprint density at radius 2 is 1.94 bits per heavy atom. The van der Waals surface area contributed by atoms with Crippen LogP contribution in [0, 0.1) is 0 Å². The zero-order valence-electron chi connectivity index (χ0n) is 18.0. The van der Waals surface area contributed by atoms with Crippen molar-refractivity contribution in [3.8, 4) is 17.2 Å². The van der Waals surface area contributed by atoms with E-state index in [0.717, 1.165) is 18.7 Å². The van der Waals surface area contributed by atoms with Crippen molar-refractivity contribution in [1.29, 1.82) is 0 Å². The van der Waals surface area contributed by atoms with Gasteiger partial charge in [0.1, 0.15) is 17.2 Å². The minimum Gasteiger partial charge on any atom is -0.497 e. The summed E-state index contributed by atoms with van der Waals surface area (Å²) < 4.78 is 16.6. The lowest BCUT2D eigenvalue weighted by atomic mass is 10.1. The van der Waals surface area contributed by atoms with E-state index in [2.05, 4.69) is 4.90 Å². The van der Waals surface area contributed by atoms with Crippen LogP contribution >= 0.6 is 0 Å². The van der Waals surface area contributed by atoms with Gasteiger partial charge in [0.05, 0.1) is 19.3 Å². The van der Waals surface area contributed by atoms with Gasteiger partial charge < -0.3 is 24.2 Å². The van der Waals surface area contributed by atoms with E-state index in [1.54, 1.807) is 36.3 Å². The molecule has 1 amide bonds. The molecule has 168 valence electrons. The second-order valence-electron chi connectivity index (χ2n) is 7.61. The number of aliphatic hydroxyl groups is 1. The summed E-state index contributed by atoms with van der Waals surface area (Å²) in [5.41, 5.74) is 1.25. The van der Waals surface area contributed by atoms with E-state index in [9.17, 15) is 9.59 Å². The molecule has 2 aromatic carbocycles. The van der Waals surface area contributed by atoms with Gasteiger partial charge >= 0.3 is 0 Å². The number of ether oxygens (including phenoxy) is 3. The van der Waals surface area contributed by atoms with Gasteiger partial charge in [-0.15, -0.1) is 0 Å². The minimum atomic E-state index is -0.203. The number of amides is 1. The lowest BCUT2D eigenvalue weighted by Crippen LogP contribution is -2.50. The Morgan fingerprint density at radius 1 is 1.12 bits per heavy atom. The number of aliphatic hydroxyl groups excluding tert-OH is 1. The van der Waals surface area contributed by atoms with E-state index in [1.807, 2.05) is 24.3 Å². The molecule has 2 aliphatic heterocycles. The molecule has 0 unspecified atom stereocenters. The number of hydrogen-bond donors (Lipinski definition) is 1. The van der Waals surface area contributed by atoms with Crippen molar-refractivity contribution in [1.82, 2.24) is 9.80 Å². The third-order valence-corrected chi connectivity index (χ3v) is 5.54. The first-order valence-corrected chi connectivity index (χ1v) is 10.5. The topological polar surface area (TPSA) is 88.5 Å². The van der Waals surface area contributed by atoms with Gasteiger partial charge in [-0.3, -0.25) is 14.5 Å². The first-order chi connectivity index (χ1) is 15.6. The molecule has 1 N–H and O–H groups in total. The highest BCUT2D eigenvalue weighted by Crippen LogP contribution is 2.35. The first kappa shape index (κ1) is 21.9. The summed E-state index contributed by atoms with van der Waals surface area (Å²) in [4.78, 5) is 29.0. The standard InChI is InChI=1S/C24H26N2O6/c1-30-18-4-2-3-17(13-18)14-22-24(29)20-6-5-19(15-21(20)32-22)31-16-23(28)26-9-7-25(8-10-26)11-12-27/h2-6,13-15,27H,7-12,16H2,1H3. The SMILES string of the molecule is COc1cccc(C=C2Oc3cc(OCC(=O)N4CCN(CCO)CC4)ccc3C2=O)c1. The fourth-order valence-corrected chi connectivity index (χ4v) is 3.74. The normalized spacial score (nSPS) is 17.2. The van der Waals surface area contributed by atoms with Crippen LogP contribution in [0.5, 0.6) is 17.2 Å². The Balaban J connectivity index is 1.36. The molecular weight excluding hydrogens is 412 g/mol. The number of hydrogen-bond acceptors (Lipinski definition) is 7. The number of carbonyl (C=O) groups is 2. The van der Waals surface area contributed by atoms with E-state index in [1.165, 1.54) is 0 Å². The maximum Gasteiger partial charge on any atom is 0.260 e. The zero-order chi connectivity index (χ0) is 22.5. The van der Waals surface area contributed by atoms with Crippen LogP contribution in [-0.2, 0) is 4.79 Å². The molecule has 0 aliphatic carbocycles. The van der Waals surface area contributed by atoms with E-state index < -0.39 is 0 Å². The van der Waals surface area contributed by atoms with Crippen molar-refractivity contribution >= 4 is 17.8 Å². The molecule has 0 radical (unpaired) electrons. The smallest absolute Gasteiger partial charge is 0.260 e. The molecule has 0 bridgehead atoms. The summed E-state index contributed by atoms with van der Waals surface area (Å²) in [7, 11) is 1.59. The molecule has 2 aliphatic rings. The van der Waals surface area contributed by atoms with Crippen LogP contribution < -0.4 is 14.2 Å². The van der Waals surface area contributed by atoms with Crippen molar-refractivity contribution < 1.29 is 28.9 Å². The predicted octanol–water partition coefficient (Wildman–Crippen LogP) is 1.83. The van der Waals surface area contributed by atoms with Gasteiger partial charge in [0.25, 0.3) is 5.91 Å². The molecular formula is C24H26N2O6. The van der Waals surface area contributed by atoms with Crippen LogP contribution in [-0.4, -0.2) is 79.6 Å². The molecule has 0 spiro atoms. The van der Waals surface area contributed by atoms with Gasteiger partial charge in [-0.05, 0) is 35.9 Å². The Bertz CT molecular complexity index is 1030. The van der Waals surface area contributed by atoms with Crippen molar-refractivity contribution in [3.63, 3.8) is 0 Å². The summed E-state index contributed by atoms with van der Waals surface area (Å²) in [6, 6.07) is 12.3. The monoisotopic (exact) mass is 438 g/mol. The average Bonchev–Trinajstić information content (AvgIpc) is 3.12. The first-order valence-electron chi connectivity index (χ1n) is 10.5. The molecule has 1 fully saturated rings. The molecule has 1 saturated heterocycles. The number of Topliss-reactive ketones (excluding diaryl/α,β-unsaturated/α-hetero) is 1. The van der Waals surface area contributed by atoms with Gasteiger partial charge in [0.2, 0.25) is 5.78 Å². The van der Waals surface area contributed by atoms with Crippen LogP contribution in [0.4, 0.5) is 0 Å². The number of ketones is 1. The summed E-state index contributed by atoms with van der Waals surface area (Å²) in [5.74, 6) is 1.49. The highest BCUT2D eigenvalue weighted by molar-refractivity contribution is 6.14. The lowest BCUT2D eigenvalue weighted by Gasteiger charge is -2.34. The van der Waals surface area contributed by atoms with Gasteiger partial charge in [-0.25, -0.2) is 0 Å². The molecule has 0 aromatic heterocycles. The maximum absolute atomic E-state index is 12.7. The highest BCUT2D eigenvalue weighted by Gasteiger charge is 2.28. The summed E-state index contributed by atoms with van der Waals surface area (Å²) in [6.07, 6.45) is 1.67. The van der Waals surface area contributed by atoms with Crippen LogP contribution in [0.3, 0.4) is 0 Å². The van der Waals surface area contributed by atoms with Crippen molar-refractivity contribution in [3.05, 3.63) is 59.4 Å². The highest BCUT2D eigenvalue weighted by atomic mass is 16.5. The van der Waals surface area contributed by atoms with Crippen LogP contribution in [0.1, 0.15) is 15.9 Å². The molecule has 0 atom stereocenters. The Labute approximate surface area is 186 Å². The molecule has 8 nitrogen and oxygen atoms in total. The van der Waals surface area contributed by atoms with Gasteiger partial charge in [0, 0.05) is 38.8 Å². The van der Waals surface area contributed by atoms with Crippen molar-refractivity contribution in [2.24, 2.45) is 0 Å². The predicted molar refractivity (Wildman–Crippen MR) is 118 cm³/mol. The molecule has 2 heterocycles. The third-order valence-electron chi connectivity index (χ3n) is 5.54. The number of piperazine rings is 1. The lowest BCUT2D eigenvalue weighted by molar-refractivity contribution is -0.135. The fraction of sp³-hybridized carbons (Fsp3) is 0.333. The zero-order valence-corrected chi connectivity index (χ0v) is 18.0. The molecule has 2 aromatic rings. The molecule has 8 heteroatoms. The second kappa shape index (κ2) is 9.84. The number of allylic oxidation sites excluding steroid dienone is 1. The summed E-state index contributed by atoms with van der Waals surface area (Å²) >= 11 is 0. The number of carbonyl (C=O) groups excluding carboxylic acids is 2. The minimum absolute atomic E-state index is 0.0841. The van der Waals surface area contributed by atoms with Crippen molar-refractivity contribution in [2.45, 2.75) is 0 Å². The number of benzene rings is 2. The third kappa shape index (κ3) is 4.92. The summed E-state index contributed by atoms with van der Waals surface area (Å²) in [6.45, 7) is 3.37. The Hall–Kier alpha value is -3.36. The second-order valence-corrected chi connectivity index (χ2v) is 7.61. The molecule has 32 heavy (non-hydrogen) atoms. The maximum atomic E-state index is 12.7. The van der Waals surface area contributed by atoms with E-state index >= 15 is 0 Å². The van der Waals surface area contributed by atoms with Gasteiger partial charge in [0.15, 0.2) is 12.4 Å². The van der Waals surface area contributed by atoms with Crippen LogP contribution in [0.25, 0.3) is 6.08 Å². The van der Waals surface area contributed by atoms with E-state index in [4.69, 9.17) is 19.3 Å². The van der Waals surface area contributed by atoms with Crippen molar-refractivity contribution in [2.75, 3.05) is 53.0 Å². The Kier molecular flexibility index (Phi) is 6.72. The largest absolute Gasteiger partial charge is 0.497 e. The van der Waals surface area contributed by atoms with Crippen LogP contribution in [0.15, 0.2) is 48.2 Å². The quantitative estimate of drug-likeness (QED) is 0.660. The number of nitrogens with zero attached hydrogens (tertiary/aromatic N) is 2. The van der Waals surface area contributed by atoms with Gasteiger partial charge in [-0.1, -0.05) is 12.1 Å². The summed E-state index contributed by atoms with van der Waals surface area (Å²) in [5, 5.41) is 9.02. The van der Waals surface area contributed by atoms with Gasteiger partial charge in [-0.2, -0.15) is 0 Å². The molecule has 4 rings (SSSR count). The van der Waals surface area contributed by atoms with E-state index in [-0.39, 0.29) is 30.7 Å². The average molecular weight is 438 g/mol. The number of fused-ring (bicyclic) bond motifs is 1. The number of rotatable bonds is 7. The van der Waals surface area contributed by atoms with E-state index in [0.29, 0.717) is 42.4 Å². The Morgan fingerprint density at radius 3 is 2.69 bits per heavy atom.